The third-order valence-electron chi connectivity index (χ3n) is 8.33. The third kappa shape index (κ3) is 7.71. The van der Waals surface area contributed by atoms with Gasteiger partial charge in [0.2, 0.25) is 5.91 Å². The van der Waals surface area contributed by atoms with Gasteiger partial charge in [-0.25, -0.2) is 26.7 Å². The van der Waals surface area contributed by atoms with Gasteiger partial charge in [-0.1, -0.05) is 18.2 Å². The number of alkyl halides is 3. The standard InChI is InChI=1S/C33H39F5N2O4/c1-32(2,3)44-31(42)40-13-11-26(25(36)18-40)43-27-8-5-12-33(37,38)30(27)39-28(41)16-20-6-4-7-24(29(20)19-9-10-19)21-14-22(34)17-23(35)15-21/h4,6-7,14-15,17,19,25-27,30H,5,8-13,16,18H2,1-3H3,(H,39,41)/t25-,26-,27+,30-/m1/s1. The molecule has 2 aromatic rings. The zero-order valence-corrected chi connectivity index (χ0v) is 25.2. The molecule has 3 aliphatic rings. The fourth-order valence-corrected chi connectivity index (χ4v) is 6.21. The van der Waals surface area contributed by atoms with Gasteiger partial charge in [-0.2, -0.15) is 0 Å². The van der Waals surface area contributed by atoms with Gasteiger partial charge in [-0.05, 0) is 93.2 Å². The Morgan fingerprint density at radius 3 is 2.36 bits per heavy atom. The molecule has 4 atom stereocenters. The van der Waals surface area contributed by atoms with E-state index in [0.29, 0.717) is 16.7 Å². The van der Waals surface area contributed by atoms with Crippen LogP contribution in [0, 0.1) is 11.6 Å². The van der Waals surface area contributed by atoms with Gasteiger partial charge in [-0.3, -0.25) is 4.79 Å². The molecule has 0 unspecified atom stereocenters. The Hall–Kier alpha value is -3.21. The van der Waals surface area contributed by atoms with E-state index in [4.69, 9.17) is 9.47 Å². The lowest BCUT2D eigenvalue weighted by Gasteiger charge is -2.42. The molecule has 3 fully saturated rings. The van der Waals surface area contributed by atoms with E-state index >= 15 is 13.2 Å². The molecule has 2 amide bonds. The number of benzene rings is 2. The summed E-state index contributed by atoms with van der Waals surface area (Å²) in [5, 5.41) is 2.49. The van der Waals surface area contributed by atoms with Gasteiger partial charge in [0.05, 0.1) is 25.2 Å². The van der Waals surface area contributed by atoms with Crippen molar-refractivity contribution in [3.8, 4) is 11.1 Å². The van der Waals surface area contributed by atoms with Crippen molar-refractivity contribution < 1.29 is 41.0 Å². The van der Waals surface area contributed by atoms with Crippen LogP contribution in [0.1, 0.15) is 76.3 Å². The maximum absolute atomic E-state index is 15.2. The molecule has 2 saturated carbocycles. The Bertz CT molecular complexity index is 1360. The smallest absolute Gasteiger partial charge is 0.410 e. The number of ether oxygens (including phenoxy) is 2. The van der Waals surface area contributed by atoms with Crippen molar-refractivity contribution in [2.45, 2.75) is 108 Å². The molecule has 2 aliphatic carbocycles. The molecule has 5 rings (SSSR count). The van der Waals surface area contributed by atoms with Crippen LogP contribution in [0.25, 0.3) is 11.1 Å². The van der Waals surface area contributed by atoms with Crippen molar-refractivity contribution >= 4 is 12.0 Å². The monoisotopic (exact) mass is 622 g/mol. The van der Waals surface area contributed by atoms with Gasteiger partial charge in [0.1, 0.15) is 29.4 Å². The molecule has 6 nitrogen and oxygen atoms in total. The molecule has 1 heterocycles. The van der Waals surface area contributed by atoms with Gasteiger partial charge in [0, 0.05) is 19.0 Å². The lowest BCUT2D eigenvalue weighted by molar-refractivity contribution is -0.165. The quantitative estimate of drug-likeness (QED) is 0.335. The molecule has 44 heavy (non-hydrogen) atoms. The summed E-state index contributed by atoms with van der Waals surface area (Å²) in [5.74, 6) is -5.27. The molecular weight excluding hydrogens is 583 g/mol. The number of hydrogen-bond donors (Lipinski definition) is 1. The van der Waals surface area contributed by atoms with Gasteiger partial charge in [0.25, 0.3) is 5.92 Å². The number of rotatable bonds is 7. The van der Waals surface area contributed by atoms with E-state index in [1.165, 1.54) is 17.0 Å². The van der Waals surface area contributed by atoms with E-state index in [0.717, 1.165) is 24.5 Å². The first-order valence-electron chi connectivity index (χ1n) is 15.2. The number of halogens is 5. The Kier molecular flexibility index (Phi) is 9.26. The Morgan fingerprint density at radius 2 is 1.73 bits per heavy atom. The second-order valence-electron chi connectivity index (χ2n) is 13.1. The normalized spacial score (nSPS) is 25.4. The number of amides is 2. The maximum atomic E-state index is 15.2. The zero-order chi connectivity index (χ0) is 31.8. The summed E-state index contributed by atoms with van der Waals surface area (Å²) in [6.45, 7) is 4.99. The second kappa shape index (κ2) is 12.7. The van der Waals surface area contributed by atoms with E-state index < -0.39 is 66.0 Å². The van der Waals surface area contributed by atoms with Crippen molar-refractivity contribution in [3.63, 3.8) is 0 Å². The minimum Gasteiger partial charge on any atom is -0.444 e. The molecule has 11 heteroatoms. The minimum atomic E-state index is -3.28. The van der Waals surface area contributed by atoms with E-state index in [1.807, 2.05) is 0 Å². The average molecular weight is 623 g/mol. The lowest BCUT2D eigenvalue weighted by atomic mass is 9.87. The molecule has 1 N–H and O–H groups in total. The van der Waals surface area contributed by atoms with Crippen molar-refractivity contribution in [3.05, 3.63) is 59.2 Å². The first kappa shape index (κ1) is 32.2. The Balaban J connectivity index is 1.28. The van der Waals surface area contributed by atoms with Crippen molar-refractivity contribution in [1.29, 1.82) is 0 Å². The second-order valence-corrected chi connectivity index (χ2v) is 13.1. The van der Waals surface area contributed by atoms with E-state index in [-0.39, 0.29) is 44.7 Å². The van der Waals surface area contributed by atoms with Crippen LogP contribution in [0.4, 0.5) is 26.7 Å². The maximum Gasteiger partial charge on any atom is 0.410 e. The first-order valence-corrected chi connectivity index (χ1v) is 15.2. The topological polar surface area (TPSA) is 67.9 Å². The summed E-state index contributed by atoms with van der Waals surface area (Å²) >= 11 is 0. The fraction of sp³-hybridized carbons (Fsp3) is 0.576. The molecule has 0 bridgehead atoms. The predicted octanol–water partition coefficient (Wildman–Crippen LogP) is 7.09. The van der Waals surface area contributed by atoms with Crippen LogP contribution in [0.15, 0.2) is 36.4 Å². The van der Waals surface area contributed by atoms with Crippen LogP contribution in [-0.2, 0) is 20.7 Å². The van der Waals surface area contributed by atoms with E-state index in [9.17, 15) is 18.4 Å². The number of carbonyl (C=O) groups excluding carboxylic acids is 2. The highest BCUT2D eigenvalue weighted by Gasteiger charge is 2.50. The van der Waals surface area contributed by atoms with Crippen molar-refractivity contribution in [2.75, 3.05) is 13.1 Å². The molecule has 240 valence electrons. The highest BCUT2D eigenvalue weighted by atomic mass is 19.3. The van der Waals surface area contributed by atoms with Crippen LogP contribution in [0.5, 0.6) is 0 Å². The largest absolute Gasteiger partial charge is 0.444 e. The van der Waals surface area contributed by atoms with Gasteiger partial charge >= 0.3 is 6.09 Å². The number of carbonyl (C=O) groups is 2. The summed E-state index contributed by atoms with van der Waals surface area (Å²) in [5.41, 5.74) is 1.59. The molecule has 0 radical (unpaired) electrons. The van der Waals surface area contributed by atoms with Crippen LogP contribution in [-0.4, -0.2) is 65.9 Å². The van der Waals surface area contributed by atoms with Gasteiger partial charge in [0.15, 0.2) is 0 Å². The number of hydrogen-bond acceptors (Lipinski definition) is 4. The Labute approximate surface area is 254 Å². The Morgan fingerprint density at radius 1 is 1.02 bits per heavy atom. The summed E-state index contributed by atoms with van der Waals surface area (Å²) < 4.78 is 84.9. The molecule has 2 aromatic carbocycles. The highest BCUT2D eigenvalue weighted by Crippen LogP contribution is 2.46. The fourth-order valence-electron chi connectivity index (χ4n) is 6.21. The van der Waals surface area contributed by atoms with Gasteiger partial charge in [-0.15, -0.1) is 0 Å². The highest BCUT2D eigenvalue weighted by molar-refractivity contribution is 5.81. The van der Waals surface area contributed by atoms with E-state index in [2.05, 4.69) is 5.32 Å². The van der Waals surface area contributed by atoms with Crippen LogP contribution < -0.4 is 5.32 Å². The number of likely N-dealkylation sites (tertiary alicyclic amines) is 1. The van der Waals surface area contributed by atoms with Crippen molar-refractivity contribution in [1.82, 2.24) is 10.2 Å². The zero-order valence-electron chi connectivity index (χ0n) is 25.2. The predicted molar refractivity (Wildman–Crippen MR) is 154 cm³/mol. The molecule has 1 aliphatic heterocycles. The lowest BCUT2D eigenvalue weighted by Crippen LogP contribution is -2.59. The summed E-state index contributed by atoms with van der Waals surface area (Å²) in [7, 11) is 0. The van der Waals surface area contributed by atoms with Crippen LogP contribution in [0.3, 0.4) is 0 Å². The first-order chi connectivity index (χ1) is 20.7. The molecule has 0 spiro atoms. The number of nitrogens with zero attached hydrogens (tertiary/aromatic N) is 1. The van der Waals surface area contributed by atoms with Gasteiger partial charge < -0.3 is 19.7 Å². The van der Waals surface area contributed by atoms with E-state index in [1.54, 1.807) is 39.0 Å². The summed E-state index contributed by atoms with van der Waals surface area (Å²) in [4.78, 5) is 26.9. The number of piperidine rings is 1. The summed E-state index contributed by atoms with van der Waals surface area (Å²) in [6.07, 6.45) is -2.90. The van der Waals surface area contributed by atoms with Crippen molar-refractivity contribution in [2.24, 2.45) is 0 Å². The molecule has 0 aromatic heterocycles. The third-order valence-corrected chi connectivity index (χ3v) is 8.33. The van der Waals surface area contributed by atoms with Crippen LogP contribution >= 0.6 is 0 Å². The number of nitrogens with one attached hydrogen (secondary N) is 1. The summed E-state index contributed by atoms with van der Waals surface area (Å²) in [6, 6.07) is 6.73. The molecule has 1 saturated heterocycles. The molecular formula is C33H39F5N2O4. The van der Waals surface area contributed by atoms with Crippen LogP contribution in [0.2, 0.25) is 0 Å². The SMILES string of the molecule is CC(C)(C)OC(=O)N1CC[C@@H](O[C@H]2CCCC(F)(F)[C@@H]2NC(=O)Cc2cccc(-c3cc(F)cc(F)c3)c2C2CC2)[C@H](F)C1. The minimum absolute atomic E-state index is 0.0977. The average Bonchev–Trinajstić information content (AvgIpc) is 3.75.